The highest BCUT2D eigenvalue weighted by Crippen LogP contribution is 2.39. The maximum atomic E-state index is 13.2. The average Bonchev–Trinajstić information content (AvgIpc) is 3.57. The fourth-order valence-electron chi connectivity index (χ4n) is 5.48. The molecule has 53 heavy (non-hydrogen) atoms. The zero-order chi connectivity index (χ0) is 38.8. The third-order valence-electron chi connectivity index (χ3n) is 8.06. The minimum Gasteiger partial charge on any atom is -0.494 e. The van der Waals surface area contributed by atoms with Crippen molar-refractivity contribution in [3.05, 3.63) is 77.2 Å². The molecule has 2 amide bonds. The maximum absolute atomic E-state index is 13.2. The average molecular weight is 733 g/mol. The molecular weight excluding hydrogens is 680 g/mol. The number of benzene rings is 2. The van der Waals surface area contributed by atoms with E-state index in [1.807, 2.05) is 43.1 Å². The van der Waals surface area contributed by atoms with Crippen LogP contribution in [-0.2, 0) is 11.3 Å². The van der Waals surface area contributed by atoms with Crippen LogP contribution in [0.15, 0.2) is 59.6 Å². The smallest absolute Gasteiger partial charge is 0.270 e. The van der Waals surface area contributed by atoms with Crippen molar-refractivity contribution in [1.82, 2.24) is 20.0 Å². The van der Waals surface area contributed by atoms with E-state index in [1.54, 1.807) is 22.9 Å². The molecule has 0 saturated carbocycles. The van der Waals surface area contributed by atoms with Gasteiger partial charge in [-0.3, -0.25) is 29.0 Å². The van der Waals surface area contributed by atoms with Crippen LogP contribution in [-0.4, -0.2) is 113 Å². The van der Waals surface area contributed by atoms with Gasteiger partial charge in [-0.15, -0.1) is 0 Å². The van der Waals surface area contributed by atoms with E-state index in [0.717, 1.165) is 44.8 Å². The molecule has 16 heteroatoms. The van der Waals surface area contributed by atoms with Crippen molar-refractivity contribution < 1.29 is 28.6 Å². The number of nitrogens with two attached hydrogens (primary N) is 3. The van der Waals surface area contributed by atoms with Gasteiger partial charge in [0.25, 0.3) is 5.91 Å². The lowest BCUT2D eigenvalue weighted by atomic mass is 10.1. The van der Waals surface area contributed by atoms with Crippen LogP contribution in [0, 0.1) is 6.92 Å². The van der Waals surface area contributed by atoms with Crippen molar-refractivity contribution in [3.8, 4) is 11.5 Å². The maximum Gasteiger partial charge on any atom is 0.270 e. The first-order chi connectivity index (χ1) is 25.7. The van der Waals surface area contributed by atoms with E-state index >= 15 is 0 Å². The minimum atomic E-state index is -0.647. The molecule has 1 aromatic heterocycles. The monoisotopic (exact) mass is 732 g/mol. The molecule has 8 N–H and O–H groups in total. The largest absolute Gasteiger partial charge is 0.494 e. The number of ether oxygens (including phenoxy) is 3. The summed E-state index contributed by atoms with van der Waals surface area (Å²) in [4.78, 5) is 45.1. The van der Waals surface area contributed by atoms with Gasteiger partial charge in [0.1, 0.15) is 41.5 Å². The van der Waals surface area contributed by atoms with E-state index in [4.69, 9.17) is 25.7 Å². The molecule has 2 heterocycles. The third kappa shape index (κ3) is 11.9. The molecule has 0 unspecified atom stereocenters. The molecule has 1 aliphatic rings. The number of nitrogens with zero attached hydrogens (tertiary/aromatic N) is 5. The zero-order valence-electron chi connectivity index (χ0n) is 31.0. The number of carbonyl (C=O) groups is 3. The van der Waals surface area contributed by atoms with Crippen LogP contribution in [0.1, 0.15) is 43.8 Å². The van der Waals surface area contributed by atoms with Crippen LogP contribution in [0.4, 0.5) is 22.7 Å². The molecule has 1 saturated heterocycles. The van der Waals surface area contributed by atoms with Gasteiger partial charge in [-0.1, -0.05) is 24.3 Å². The minimum absolute atomic E-state index is 0.0521. The predicted octanol–water partition coefficient (Wildman–Crippen LogP) is 2.75. The number of nitrogen functional groups attached to an aromatic ring is 1. The summed E-state index contributed by atoms with van der Waals surface area (Å²) in [6.45, 7) is 13.0. The lowest BCUT2D eigenvalue weighted by Gasteiger charge is -2.27. The van der Waals surface area contributed by atoms with Crippen molar-refractivity contribution in [2.75, 3.05) is 89.3 Å². The fraction of sp³-hybridized carbons (Fsp3) is 0.378. The molecule has 1 aliphatic heterocycles. The van der Waals surface area contributed by atoms with Gasteiger partial charge in [-0.2, -0.15) is 5.10 Å². The zero-order valence-corrected chi connectivity index (χ0v) is 31.0. The van der Waals surface area contributed by atoms with Crippen LogP contribution in [0.2, 0.25) is 0 Å². The number of anilines is 3. The molecule has 0 spiro atoms. The second-order valence-corrected chi connectivity index (χ2v) is 11.6. The summed E-state index contributed by atoms with van der Waals surface area (Å²) in [5.41, 5.74) is 19.9. The number of primary amides is 1. The summed E-state index contributed by atoms with van der Waals surface area (Å²) in [5.74, 6) is -0.181. The summed E-state index contributed by atoms with van der Waals surface area (Å²) in [7, 11) is 2.97. The fourth-order valence-corrected chi connectivity index (χ4v) is 5.48. The molecule has 286 valence electrons. The normalized spacial score (nSPS) is 12.9. The summed E-state index contributed by atoms with van der Waals surface area (Å²) in [5, 5.41) is 10.6. The lowest BCUT2D eigenvalue weighted by molar-refractivity contribution is 0.0434. The van der Waals surface area contributed by atoms with Gasteiger partial charge in [0.05, 0.1) is 44.1 Å². The Bertz CT molecular complexity index is 1750. The van der Waals surface area contributed by atoms with Gasteiger partial charge in [-0.05, 0) is 57.9 Å². The highest BCUT2D eigenvalue weighted by Gasteiger charge is 2.21. The molecule has 16 nitrogen and oxygen atoms in total. The number of aryl methyl sites for hydroxylation is 2. The summed E-state index contributed by atoms with van der Waals surface area (Å²) in [6, 6.07) is 8.00. The van der Waals surface area contributed by atoms with Crippen molar-refractivity contribution in [1.29, 1.82) is 0 Å². The Balaban J connectivity index is 0.00000372. The molecular formula is C37H52N10O6. The van der Waals surface area contributed by atoms with Gasteiger partial charge in [-0.25, -0.2) is 0 Å². The van der Waals surface area contributed by atoms with E-state index in [2.05, 4.69) is 38.1 Å². The van der Waals surface area contributed by atoms with Crippen molar-refractivity contribution in [2.24, 2.45) is 16.5 Å². The predicted molar refractivity (Wildman–Crippen MR) is 209 cm³/mol. The van der Waals surface area contributed by atoms with Crippen LogP contribution in [0.5, 0.6) is 11.5 Å². The summed E-state index contributed by atoms with van der Waals surface area (Å²) >= 11 is 0. The Morgan fingerprint density at radius 2 is 1.85 bits per heavy atom. The van der Waals surface area contributed by atoms with Crippen molar-refractivity contribution in [2.45, 2.75) is 20.4 Å². The van der Waals surface area contributed by atoms with E-state index < -0.39 is 5.91 Å². The molecule has 1 fully saturated rings. The molecule has 0 atom stereocenters. The van der Waals surface area contributed by atoms with Gasteiger partial charge in [0.2, 0.25) is 5.91 Å². The second kappa shape index (κ2) is 21.6. The van der Waals surface area contributed by atoms with E-state index in [1.165, 1.54) is 26.3 Å². The number of aromatic nitrogens is 2. The number of hydrogen-bond acceptors (Lipinski definition) is 13. The first kappa shape index (κ1) is 41.7. The second-order valence-electron chi connectivity index (χ2n) is 11.6. The van der Waals surface area contributed by atoms with E-state index in [-0.39, 0.29) is 18.1 Å². The number of methoxy groups -OCH3 is 1. The standard InChI is InChI=1S/C36H47N9O6.CH5N/c1-5-45-30(18-25(2)42-45)36(48)41-24-44(34-29(39-3)21-27(35(38)47)22-32(34)49-4)12-7-6-10-40-33-28(37)19-26(23-46)20-31(33)51-15-9-8-11-43-13-16-50-17-14-43;1-2/h6-9,18-23,40H,3,5,10-17,24,37H2,1-2,4H3,(H2,38,47)(H,41,48);2H2,1H3/b7-6+,9-8-;. The number of aliphatic imine (C=N–C) groups is 1. The number of hydrogen-bond donors (Lipinski definition) is 5. The van der Waals surface area contributed by atoms with Gasteiger partial charge >= 0.3 is 0 Å². The number of amides is 2. The van der Waals surface area contributed by atoms with Gasteiger partial charge in [0.15, 0.2) is 0 Å². The van der Waals surface area contributed by atoms with Crippen LogP contribution < -0.4 is 42.2 Å². The molecule has 2 aromatic carbocycles. The third-order valence-corrected chi connectivity index (χ3v) is 8.06. The van der Waals surface area contributed by atoms with Gasteiger partial charge in [0, 0.05) is 50.4 Å². The first-order valence-electron chi connectivity index (χ1n) is 17.2. The lowest BCUT2D eigenvalue weighted by Crippen LogP contribution is -2.39. The topological polar surface area (TPSA) is 218 Å². The van der Waals surface area contributed by atoms with E-state index in [0.29, 0.717) is 71.7 Å². The highest BCUT2D eigenvalue weighted by molar-refractivity contribution is 5.97. The quantitative estimate of drug-likeness (QED) is 0.0395. The number of nitrogens with one attached hydrogen (secondary N) is 2. The molecule has 0 aliphatic carbocycles. The van der Waals surface area contributed by atoms with Crippen LogP contribution >= 0.6 is 0 Å². The number of aldehydes is 1. The Kier molecular flexibility index (Phi) is 17.0. The number of carbonyl (C=O) groups excluding carboxylic acids is 3. The Morgan fingerprint density at radius 1 is 1.09 bits per heavy atom. The molecule has 4 rings (SSSR count). The Hall–Kier alpha value is -5.71. The van der Waals surface area contributed by atoms with Crippen molar-refractivity contribution in [3.63, 3.8) is 0 Å². The van der Waals surface area contributed by atoms with Gasteiger partial charge < -0.3 is 46.9 Å². The van der Waals surface area contributed by atoms with Crippen molar-refractivity contribution >= 4 is 47.6 Å². The summed E-state index contributed by atoms with van der Waals surface area (Å²) < 4.78 is 18.7. The van der Waals surface area contributed by atoms with Crippen LogP contribution in [0.3, 0.4) is 0 Å². The number of rotatable bonds is 19. The number of morpholine rings is 1. The summed E-state index contributed by atoms with van der Waals surface area (Å²) in [6.07, 6.45) is 8.48. The highest BCUT2D eigenvalue weighted by atomic mass is 16.5. The SMILES string of the molecule is C=Nc1cc(C(N)=O)cc(OC)c1N(C/C=C/CNc1c(N)cc(C=O)cc1OC/C=C\CN1CCOCC1)CNC(=O)c1cc(C)nn1CC.CN. The van der Waals surface area contributed by atoms with E-state index in [9.17, 15) is 14.4 Å². The Morgan fingerprint density at radius 3 is 2.51 bits per heavy atom. The molecule has 0 bridgehead atoms. The molecule has 3 aromatic rings. The van der Waals surface area contributed by atoms with Crippen LogP contribution in [0.25, 0.3) is 0 Å². The molecule has 0 radical (unpaired) electrons. The Labute approximate surface area is 310 Å². The first-order valence-corrected chi connectivity index (χ1v) is 17.2.